The number of fused-ring (bicyclic) bond motifs is 2. The predicted octanol–water partition coefficient (Wildman–Crippen LogP) is -2.90. The standard InChI is InChI=1S/C14H23N9O7S/c15-6-2-1-3-11-16-20-22(19-11)8-12(24)17-18-13(25)10-5-4-9-7-21(10)14(26)23(9)30-31(27,28)29/h9-10H,1-8,15H2,(H,17,24)(H,18,25)(H,27,28,29)/t9-,10+/m1/s1. The monoisotopic (exact) mass is 461 g/mol. The quantitative estimate of drug-likeness (QED) is 0.166. The first-order valence-electron chi connectivity index (χ1n) is 9.50. The van der Waals surface area contributed by atoms with Gasteiger partial charge in [-0.15, -0.1) is 14.5 Å². The summed E-state index contributed by atoms with van der Waals surface area (Å²) in [5.41, 5.74) is 9.86. The summed E-state index contributed by atoms with van der Waals surface area (Å²) in [6.07, 6.45) is 2.68. The number of urea groups is 1. The van der Waals surface area contributed by atoms with Crippen LogP contribution in [0, 0.1) is 0 Å². The minimum absolute atomic E-state index is 0.0379. The second kappa shape index (κ2) is 9.50. The number of hydrogen-bond acceptors (Lipinski definition) is 10. The van der Waals surface area contributed by atoms with E-state index in [0.717, 1.165) is 22.5 Å². The first kappa shape index (κ1) is 22.8. The van der Waals surface area contributed by atoms with Gasteiger partial charge in [-0.3, -0.25) is 25.0 Å². The van der Waals surface area contributed by atoms with Gasteiger partial charge in [0.15, 0.2) is 5.82 Å². The van der Waals surface area contributed by atoms with Crippen molar-refractivity contribution in [2.45, 2.75) is 50.7 Å². The average Bonchev–Trinajstić information content (AvgIpc) is 3.24. The maximum Gasteiger partial charge on any atom is 0.418 e. The summed E-state index contributed by atoms with van der Waals surface area (Å²) >= 11 is 0. The van der Waals surface area contributed by atoms with E-state index in [1.54, 1.807) is 0 Å². The van der Waals surface area contributed by atoms with E-state index >= 15 is 0 Å². The van der Waals surface area contributed by atoms with Crippen molar-refractivity contribution in [3.63, 3.8) is 0 Å². The average molecular weight is 461 g/mol. The van der Waals surface area contributed by atoms with E-state index in [4.69, 9.17) is 10.3 Å². The molecule has 2 bridgehead atoms. The molecule has 2 saturated heterocycles. The third-order valence-corrected chi connectivity index (χ3v) is 5.11. The molecule has 3 rings (SSSR count). The maximum absolute atomic E-state index is 12.4. The number of nitrogens with one attached hydrogen (secondary N) is 2. The molecule has 1 aromatic rings. The Morgan fingerprint density at radius 3 is 2.74 bits per heavy atom. The smallest absolute Gasteiger partial charge is 0.330 e. The Hall–Kier alpha value is -2.89. The summed E-state index contributed by atoms with van der Waals surface area (Å²) < 4.78 is 34.9. The number of rotatable bonds is 9. The number of aryl methyl sites for hydroxylation is 1. The van der Waals surface area contributed by atoms with Crippen molar-refractivity contribution in [3.8, 4) is 0 Å². The van der Waals surface area contributed by atoms with Gasteiger partial charge in [-0.2, -0.15) is 18.3 Å². The number of carbonyl (C=O) groups excluding carboxylic acids is 3. The molecular formula is C14H23N9O7S. The van der Waals surface area contributed by atoms with E-state index in [1.165, 1.54) is 0 Å². The number of nitrogens with zero attached hydrogens (tertiary/aromatic N) is 6. The van der Waals surface area contributed by atoms with Crippen LogP contribution >= 0.6 is 0 Å². The predicted molar refractivity (Wildman–Crippen MR) is 99.5 cm³/mol. The van der Waals surface area contributed by atoms with Crippen molar-refractivity contribution in [2.75, 3.05) is 13.1 Å². The van der Waals surface area contributed by atoms with Crippen LogP contribution in [-0.2, 0) is 37.2 Å². The number of hydrogen-bond donors (Lipinski definition) is 4. The molecule has 2 aliphatic rings. The number of carbonyl (C=O) groups is 3. The topological polar surface area (TPSA) is 215 Å². The minimum Gasteiger partial charge on any atom is -0.330 e. The Labute approximate surface area is 176 Å². The van der Waals surface area contributed by atoms with Gasteiger partial charge in [0, 0.05) is 13.0 Å². The van der Waals surface area contributed by atoms with Gasteiger partial charge in [-0.1, -0.05) is 0 Å². The molecule has 172 valence electrons. The molecule has 0 aliphatic carbocycles. The summed E-state index contributed by atoms with van der Waals surface area (Å²) in [4.78, 5) is 38.9. The molecule has 0 spiro atoms. The van der Waals surface area contributed by atoms with Crippen molar-refractivity contribution >= 4 is 28.2 Å². The van der Waals surface area contributed by atoms with E-state index in [-0.39, 0.29) is 25.9 Å². The van der Waals surface area contributed by atoms with Crippen molar-refractivity contribution in [1.29, 1.82) is 0 Å². The van der Waals surface area contributed by atoms with Gasteiger partial charge in [0.2, 0.25) is 0 Å². The van der Waals surface area contributed by atoms with Gasteiger partial charge >= 0.3 is 16.4 Å². The van der Waals surface area contributed by atoms with E-state index in [9.17, 15) is 22.8 Å². The molecule has 1 aromatic heterocycles. The van der Waals surface area contributed by atoms with E-state index in [2.05, 4.69) is 30.5 Å². The van der Waals surface area contributed by atoms with Gasteiger partial charge in [-0.25, -0.2) is 4.79 Å². The first-order valence-corrected chi connectivity index (χ1v) is 10.9. The molecule has 0 saturated carbocycles. The second-order valence-corrected chi connectivity index (χ2v) is 8.03. The summed E-state index contributed by atoms with van der Waals surface area (Å²) in [5, 5.41) is 12.2. The molecule has 0 unspecified atom stereocenters. The normalized spacial score (nSPS) is 20.8. The molecule has 5 N–H and O–H groups in total. The Morgan fingerprint density at radius 2 is 2.03 bits per heavy atom. The Balaban J connectivity index is 1.47. The van der Waals surface area contributed by atoms with Gasteiger partial charge in [0.05, 0.1) is 6.04 Å². The molecule has 31 heavy (non-hydrogen) atoms. The van der Waals surface area contributed by atoms with Crippen LogP contribution in [0.25, 0.3) is 0 Å². The lowest BCUT2D eigenvalue weighted by Gasteiger charge is -2.29. The van der Waals surface area contributed by atoms with Crippen LogP contribution in [0.4, 0.5) is 4.79 Å². The fourth-order valence-corrected chi connectivity index (χ4v) is 3.75. The SMILES string of the molecule is NCCCCc1nnn(CC(=O)NNC(=O)[C@@H]2CC[C@@H]3CN2C(=O)N3OS(=O)(=O)O)n1. The number of nitrogens with two attached hydrogens (primary N) is 1. The Morgan fingerprint density at radius 1 is 1.26 bits per heavy atom. The Kier molecular flexibility index (Phi) is 6.98. The number of amides is 4. The van der Waals surface area contributed by atoms with Crippen molar-refractivity contribution in [1.82, 2.24) is 41.0 Å². The molecule has 16 nitrogen and oxygen atoms in total. The van der Waals surface area contributed by atoms with E-state index in [1.807, 2.05) is 0 Å². The highest BCUT2D eigenvalue weighted by molar-refractivity contribution is 7.80. The number of tetrazole rings is 1. The summed E-state index contributed by atoms with van der Waals surface area (Å²) in [6, 6.07) is -2.44. The summed E-state index contributed by atoms with van der Waals surface area (Å²) in [5.74, 6) is -0.800. The van der Waals surface area contributed by atoms with Crippen molar-refractivity contribution < 1.29 is 31.6 Å². The lowest BCUT2D eigenvalue weighted by atomic mass is 10.0. The lowest BCUT2D eigenvalue weighted by Crippen LogP contribution is -2.54. The van der Waals surface area contributed by atoms with Crippen LogP contribution in [0.3, 0.4) is 0 Å². The fraction of sp³-hybridized carbons (Fsp3) is 0.714. The molecule has 2 fully saturated rings. The van der Waals surface area contributed by atoms with Crippen LogP contribution in [0.5, 0.6) is 0 Å². The van der Waals surface area contributed by atoms with Gasteiger partial charge in [0.1, 0.15) is 12.6 Å². The van der Waals surface area contributed by atoms with Crippen molar-refractivity contribution in [3.05, 3.63) is 5.82 Å². The fourth-order valence-electron chi connectivity index (χ4n) is 3.36. The highest BCUT2D eigenvalue weighted by atomic mass is 32.3. The van der Waals surface area contributed by atoms with E-state index in [0.29, 0.717) is 23.9 Å². The largest absolute Gasteiger partial charge is 0.418 e. The molecule has 17 heteroatoms. The Bertz CT molecular complexity index is 936. The maximum atomic E-state index is 12.4. The molecule has 2 atom stereocenters. The van der Waals surface area contributed by atoms with Crippen molar-refractivity contribution in [2.24, 2.45) is 5.73 Å². The summed E-state index contributed by atoms with van der Waals surface area (Å²) in [7, 11) is -4.88. The van der Waals surface area contributed by atoms with Crippen LogP contribution in [0.1, 0.15) is 31.5 Å². The minimum atomic E-state index is -4.88. The third-order valence-electron chi connectivity index (χ3n) is 4.76. The van der Waals surface area contributed by atoms with Crippen LogP contribution < -0.4 is 16.6 Å². The molecule has 2 aliphatic heterocycles. The van der Waals surface area contributed by atoms with Crippen LogP contribution in [0.15, 0.2) is 0 Å². The molecule has 4 amide bonds. The zero-order valence-electron chi connectivity index (χ0n) is 16.4. The van der Waals surface area contributed by atoms with Crippen LogP contribution in [0.2, 0.25) is 0 Å². The zero-order valence-corrected chi connectivity index (χ0v) is 17.2. The number of unbranched alkanes of at least 4 members (excludes halogenated alkanes) is 1. The van der Waals surface area contributed by atoms with Gasteiger partial charge in [-0.05, 0) is 37.4 Å². The lowest BCUT2D eigenvalue weighted by molar-refractivity contribution is -0.132. The first-order chi connectivity index (χ1) is 14.7. The number of piperidine rings is 1. The highest BCUT2D eigenvalue weighted by Gasteiger charge is 2.49. The molecule has 0 radical (unpaired) electrons. The second-order valence-electron chi connectivity index (χ2n) is 7.03. The van der Waals surface area contributed by atoms with Gasteiger partial charge in [0.25, 0.3) is 11.8 Å². The third kappa shape index (κ3) is 5.84. The molecule has 0 aromatic carbocycles. The van der Waals surface area contributed by atoms with E-state index < -0.39 is 40.3 Å². The number of aromatic nitrogens is 4. The number of hydroxylamine groups is 2. The summed E-state index contributed by atoms with van der Waals surface area (Å²) in [6.45, 7) is 0.318. The molecular weight excluding hydrogens is 438 g/mol. The van der Waals surface area contributed by atoms with Gasteiger partial charge < -0.3 is 10.6 Å². The molecule has 3 heterocycles. The highest BCUT2D eigenvalue weighted by Crippen LogP contribution is 2.30. The zero-order chi connectivity index (χ0) is 22.6. The van der Waals surface area contributed by atoms with Crippen LogP contribution in [-0.4, -0.2) is 86.2 Å². The number of hydrazine groups is 1.